The second-order valence-electron chi connectivity index (χ2n) is 7.86. The number of hydrogen-bond donors (Lipinski definition) is 0. The first kappa shape index (κ1) is 20.6. The van der Waals surface area contributed by atoms with E-state index in [2.05, 4.69) is 122 Å². The molecule has 4 aromatic rings. The van der Waals surface area contributed by atoms with Crippen LogP contribution in [0.15, 0.2) is 115 Å². The molecule has 0 fully saturated rings. The minimum absolute atomic E-state index is 1.08. The standard InChI is InChI=1S/C29H30P/c1-2-12-25-19-21-26(22-20-25)23-24-30(27-13-6-3-7-14-27,28-15-8-4-9-16-28)29-17-10-5-11-18-29/h3-11,13-22H,2,12,23-24H2,1H3/q+1. The maximum absolute atomic E-state index is 2.33. The van der Waals surface area contributed by atoms with Gasteiger partial charge >= 0.3 is 0 Å². The second kappa shape index (κ2) is 9.88. The van der Waals surface area contributed by atoms with Crippen LogP contribution in [0.1, 0.15) is 24.5 Å². The number of benzene rings is 4. The van der Waals surface area contributed by atoms with Crippen LogP contribution in [0.25, 0.3) is 0 Å². The summed E-state index contributed by atoms with van der Waals surface area (Å²) in [7, 11) is -1.74. The third-order valence-corrected chi connectivity index (χ3v) is 10.3. The predicted octanol–water partition coefficient (Wildman–Crippen LogP) is 6.18. The Labute approximate surface area is 182 Å². The molecule has 0 saturated carbocycles. The summed E-state index contributed by atoms with van der Waals surface area (Å²) in [6.07, 6.45) is 4.58. The maximum atomic E-state index is 2.33. The van der Waals surface area contributed by atoms with Gasteiger partial charge in [0, 0.05) is 6.42 Å². The highest BCUT2D eigenvalue weighted by molar-refractivity contribution is 7.95. The van der Waals surface area contributed by atoms with E-state index >= 15 is 0 Å². The smallest absolute Gasteiger partial charge is 0.0651 e. The largest absolute Gasteiger partial charge is 0.112 e. The lowest BCUT2D eigenvalue weighted by atomic mass is 10.1. The van der Waals surface area contributed by atoms with Gasteiger partial charge in [0.1, 0.15) is 23.2 Å². The Balaban J connectivity index is 1.78. The first-order chi connectivity index (χ1) is 14.8. The molecule has 0 aromatic heterocycles. The van der Waals surface area contributed by atoms with E-state index in [1.807, 2.05) is 0 Å². The molecule has 0 nitrogen and oxygen atoms in total. The first-order valence-corrected chi connectivity index (χ1v) is 12.9. The van der Waals surface area contributed by atoms with Crippen molar-refractivity contribution in [3.63, 3.8) is 0 Å². The van der Waals surface area contributed by atoms with Gasteiger partial charge < -0.3 is 0 Å². The fraction of sp³-hybridized carbons (Fsp3) is 0.172. The van der Waals surface area contributed by atoms with Crippen molar-refractivity contribution in [3.05, 3.63) is 126 Å². The van der Waals surface area contributed by atoms with Gasteiger partial charge in [0.2, 0.25) is 0 Å². The highest BCUT2D eigenvalue weighted by Crippen LogP contribution is 2.55. The summed E-state index contributed by atoms with van der Waals surface area (Å²) in [5.74, 6) is 0. The van der Waals surface area contributed by atoms with E-state index in [1.165, 1.54) is 33.5 Å². The van der Waals surface area contributed by atoms with Crippen molar-refractivity contribution in [3.8, 4) is 0 Å². The van der Waals surface area contributed by atoms with Crippen LogP contribution in [0.5, 0.6) is 0 Å². The van der Waals surface area contributed by atoms with Crippen LogP contribution in [0.4, 0.5) is 0 Å². The zero-order chi connectivity index (χ0) is 20.7. The van der Waals surface area contributed by atoms with Crippen LogP contribution in [0, 0.1) is 0 Å². The third kappa shape index (κ3) is 4.40. The van der Waals surface area contributed by atoms with Crippen LogP contribution >= 0.6 is 7.26 Å². The summed E-state index contributed by atoms with van der Waals surface area (Å²) < 4.78 is 0. The molecule has 0 aliphatic carbocycles. The third-order valence-electron chi connectivity index (χ3n) is 5.89. The van der Waals surface area contributed by atoms with E-state index < -0.39 is 7.26 Å². The van der Waals surface area contributed by atoms with E-state index in [-0.39, 0.29) is 0 Å². The number of aryl methyl sites for hydroxylation is 2. The second-order valence-corrected chi connectivity index (χ2v) is 11.5. The Kier molecular flexibility index (Phi) is 6.77. The molecule has 0 saturated heterocycles. The Morgan fingerprint density at radius 1 is 0.467 bits per heavy atom. The molecule has 0 aliphatic rings. The molecule has 0 N–H and O–H groups in total. The van der Waals surface area contributed by atoms with Crippen molar-refractivity contribution in [1.82, 2.24) is 0 Å². The van der Waals surface area contributed by atoms with E-state index in [0.29, 0.717) is 0 Å². The molecule has 0 bridgehead atoms. The normalized spacial score (nSPS) is 11.4. The Hall–Kier alpha value is -2.69. The highest BCUT2D eigenvalue weighted by atomic mass is 31.2. The molecule has 150 valence electrons. The van der Waals surface area contributed by atoms with Crippen molar-refractivity contribution in [2.24, 2.45) is 0 Å². The maximum Gasteiger partial charge on any atom is 0.112 e. The van der Waals surface area contributed by atoms with Crippen molar-refractivity contribution in [1.29, 1.82) is 0 Å². The molecule has 1 heteroatoms. The molecular weight excluding hydrogens is 379 g/mol. The van der Waals surface area contributed by atoms with Crippen LogP contribution in [0.2, 0.25) is 0 Å². The molecule has 0 aliphatic heterocycles. The van der Waals surface area contributed by atoms with Crippen LogP contribution in [0.3, 0.4) is 0 Å². The summed E-state index contributed by atoms with van der Waals surface area (Å²) >= 11 is 0. The first-order valence-electron chi connectivity index (χ1n) is 11.0. The van der Waals surface area contributed by atoms with Gasteiger partial charge in [0.15, 0.2) is 0 Å². The lowest BCUT2D eigenvalue weighted by molar-refractivity contribution is 0.920. The lowest BCUT2D eigenvalue weighted by Gasteiger charge is -2.27. The molecule has 4 aromatic carbocycles. The SMILES string of the molecule is CCCc1ccc(CC[P+](c2ccccc2)(c2ccccc2)c2ccccc2)cc1. The molecule has 0 spiro atoms. The Morgan fingerprint density at radius 3 is 1.20 bits per heavy atom. The minimum Gasteiger partial charge on any atom is -0.0651 e. The molecule has 0 radical (unpaired) electrons. The zero-order valence-electron chi connectivity index (χ0n) is 17.7. The van der Waals surface area contributed by atoms with E-state index in [9.17, 15) is 0 Å². The quantitative estimate of drug-likeness (QED) is 0.305. The Morgan fingerprint density at radius 2 is 0.833 bits per heavy atom. The average Bonchev–Trinajstić information content (AvgIpc) is 2.83. The van der Waals surface area contributed by atoms with Gasteiger partial charge in [0.05, 0.1) is 6.16 Å². The summed E-state index contributed by atoms with van der Waals surface area (Å²) in [4.78, 5) is 0. The van der Waals surface area contributed by atoms with Crippen LogP contribution in [-0.2, 0) is 12.8 Å². The van der Waals surface area contributed by atoms with E-state index in [4.69, 9.17) is 0 Å². The summed E-state index contributed by atoms with van der Waals surface area (Å²) in [6, 6.07) is 42.8. The molecule has 0 atom stereocenters. The molecule has 0 amide bonds. The van der Waals surface area contributed by atoms with Gasteiger partial charge in [-0.15, -0.1) is 0 Å². The van der Waals surface area contributed by atoms with E-state index in [1.54, 1.807) is 0 Å². The molecular formula is C29H30P+. The van der Waals surface area contributed by atoms with Crippen molar-refractivity contribution in [2.75, 3.05) is 6.16 Å². The Bertz CT molecular complexity index is 925. The van der Waals surface area contributed by atoms with Crippen LogP contribution < -0.4 is 15.9 Å². The van der Waals surface area contributed by atoms with Gasteiger partial charge in [-0.1, -0.05) is 92.2 Å². The fourth-order valence-electron chi connectivity index (χ4n) is 4.34. The summed E-state index contributed by atoms with van der Waals surface area (Å²) in [5, 5.41) is 4.39. The summed E-state index contributed by atoms with van der Waals surface area (Å²) in [5.41, 5.74) is 2.87. The summed E-state index contributed by atoms with van der Waals surface area (Å²) in [6.45, 7) is 2.24. The lowest BCUT2D eigenvalue weighted by Crippen LogP contribution is -2.34. The van der Waals surface area contributed by atoms with Gasteiger partial charge in [0.25, 0.3) is 0 Å². The highest BCUT2D eigenvalue weighted by Gasteiger charge is 2.44. The minimum atomic E-state index is -1.74. The van der Waals surface area contributed by atoms with Crippen molar-refractivity contribution >= 4 is 23.2 Å². The topological polar surface area (TPSA) is 0 Å². The van der Waals surface area contributed by atoms with Crippen LogP contribution in [-0.4, -0.2) is 6.16 Å². The number of hydrogen-bond acceptors (Lipinski definition) is 0. The van der Waals surface area contributed by atoms with E-state index in [0.717, 1.165) is 19.0 Å². The molecule has 0 unspecified atom stereocenters. The molecule has 0 heterocycles. The fourth-order valence-corrected chi connectivity index (χ4v) is 8.65. The molecule has 4 rings (SSSR count). The molecule has 30 heavy (non-hydrogen) atoms. The average molecular weight is 410 g/mol. The van der Waals surface area contributed by atoms with Crippen molar-refractivity contribution in [2.45, 2.75) is 26.2 Å². The van der Waals surface area contributed by atoms with Gasteiger partial charge in [-0.3, -0.25) is 0 Å². The zero-order valence-corrected chi connectivity index (χ0v) is 18.6. The number of rotatable bonds is 8. The van der Waals surface area contributed by atoms with Crippen molar-refractivity contribution < 1.29 is 0 Å². The predicted molar refractivity (Wildman–Crippen MR) is 134 cm³/mol. The van der Waals surface area contributed by atoms with Gasteiger partial charge in [-0.2, -0.15) is 0 Å². The van der Waals surface area contributed by atoms with Gasteiger partial charge in [-0.05, 0) is 53.9 Å². The van der Waals surface area contributed by atoms with Gasteiger partial charge in [-0.25, -0.2) is 0 Å². The monoisotopic (exact) mass is 409 g/mol.